The Labute approximate surface area is 102 Å². The van der Waals surface area contributed by atoms with Gasteiger partial charge in [0.15, 0.2) is 0 Å². The highest BCUT2D eigenvalue weighted by Gasteiger charge is 2.06. The summed E-state index contributed by atoms with van der Waals surface area (Å²) >= 11 is 0. The number of nitrogens with one attached hydrogen (secondary N) is 1. The summed E-state index contributed by atoms with van der Waals surface area (Å²) in [5.41, 5.74) is 1.44. The summed E-state index contributed by atoms with van der Waals surface area (Å²) in [6.07, 6.45) is 3.38. The number of hydrogen-bond acceptors (Lipinski definition) is 3. The second kappa shape index (κ2) is 7.61. The molecule has 3 nitrogen and oxygen atoms in total. The smallest absolute Gasteiger partial charge is 0.0991 e. The normalized spacial score (nSPS) is 11.8. The van der Waals surface area contributed by atoms with Gasteiger partial charge in [-0.05, 0) is 37.1 Å². The van der Waals surface area contributed by atoms with E-state index in [1.54, 1.807) is 24.3 Å². The van der Waals surface area contributed by atoms with Gasteiger partial charge >= 0.3 is 0 Å². The van der Waals surface area contributed by atoms with Crippen LogP contribution in [0.3, 0.4) is 0 Å². The van der Waals surface area contributed by atoms with E-state index in [0.29, 0.717) is 12.1 Å². The molecule has 90 valence electrons. The van der Waals surface area contributed by atoms with Crippen LogP contribution in [0.2, 0.25) is 0 Å². The lowest BCUT2D eigenvalue weighted by Crippen LogP contribution is -2.22. The average Bonchev–Trinajstić information content (AvgIpc) is 2.38. The SMILES string of the molecule is C=CCCCNCC(O)c1ccc(C#N)cc1. The first kappa shape index (κ1) is 13.4. The lowest BCUT2D eigenvalue weighted by atomic mass is 10.1. The van der Waals surface area contributed by atoms with Crippen molar-refractivity contribution in [3.05, 3.63) is 48.0 Å². The van der Waals surface area contributed by atoms with Crippen molar-refractivity contribution in [2.45, 2.75) is 18.9 Å². The van der Waals surface area contributed by atoms with E-state index in [1.165, 1.54) is 0 Å². The molecule has 1 unspecified atom stereocenters. The van der Waals surface area contributed by atoms with Crippen LogP contribution >= 0.6 is 0 Å². The number of aliphatic hydroxyl groups is 1. The van der Waals surface area contributed by atoms with E-state index < -0.39 is 6.10 Å². The molecule has 1 atom stereocenters. The molecule has 3 heteroatoms. The number of aliphatic hydroxyl groups excluding tert-OH is 1. The molecule has 17 heavy (non-hydrogen) atoms. The van der Waals surface area contributed by atoms with Crippen molar-refractivity contribution >= 4 is 0 Å². The van der Waals surface area contributed by atoms with Crippen LogP contribution in [0.4, 0.5) is 0 Å². The largest absolute Gasteiger partial charge is 0.387 e. The van der Waals surface area contributed by atoms with Gasteiger partial charge in [-0.25, -0.2) is 0 Å². The first-order chi connectivity index (χ1) is 8.27. The molecular weight excluding hydrogens is 212 g/mol. The van der Waals surface area contributed by atoms with E-state index in [0.717, 1.165) is 24.9 Å². The van der Waals surface area contributed by atoms with Crippen molar-refractivity contribution < 1.29 is 5.11 Å². The van der Waals surface area contributed by atoms with Crippen LogP contribution in [0.25, 0.3) is 0 Å². The maximum absolute atomic E-state index is 9.88. The van der Waals surface area contributed by atoms with Crippen LogP contribution in [0.15, 0.2) is 36.9 Å². The minimum atomic E-state index is -0.522. The van der Waals surface area contributed by atoms with Crippen molar-refractivity contribution in [2.24, 2.45) is 0 Å². The van der Waals surface area contributed by atoms with E-state index >= 15 is 0 Å². The Hall–Kier alpha value is -1.63. The van der Waals surface area contributed by atoms with E-state index in [1.807, 2.05) is 6.08 Å². The predicted molar refractivity (Wildman–Crippen MR) is 68.4 cm³/mol. The molecule has 0 amide bonds. The lowest BCUT2D eigenvalue weighted by molar-refractivity contribution is 0.175. The second-order valence-corrected chi connectivity index (χ2v) is 3.88. The van der Waals surface area contributed by atoms with Crippen molar-refractivity contribution in [3.8, 4) is 6.07 Å². The monoisotopic (exact) mass is 230 g/mol. The van der Waals surface area contributed by atoms with Crippen molar-refractivity contribution in [1.29, 1.82) is 5.26 Å². The zero-order chi connectivity index (χ0) is 12.5. The van der Waals surface area contributed by atoms with Gasteiger partial charge in [-0.3, -0.25) is 0 Å². The van der Waals surface area contributed by atoms with Gasteiger partial charge in [0.25, 0.3) is 0 Å². The molecule has 0 aromatic heterocycles. The van der Waals surface area contributed by atoms with Crippen molar-refractivity contribution in [1.82, 2.24) is 5.32 Å². The summed E-state index contributed by atoms with van der Waals surface area (Å²) in [6.45, 7) is 5.06. The number of hydrogen-bond donors (Lipinski definition) is 2. The third-order valence-electron chi connectivity index (χ3n) is 2.52. The fourth-order valence-corrected chi connectivity index (χ4v) is 1.51. The van der Waals surface area contributed by atoms with E-state index in [4.69, 9.17) is 5.26 Å². The second-order valence-electron chi connectivity index (χ2n) is 3.88. The highest BCUT2D eigenvalue weighted by atomic mass is 16.3. The molecule has 0 aliphatic heterocycles. The van der Waals surface area contributed by atoms with Crippen LogP contribution < -0.4 is 5.32 Å². The summed E-state index contributed by atoms with van der Waals surface area (Å²) in [4.78, 5) is 0. The third kappa shape index (κ3) is 4.81. The molecule has 0 fully saturated rings. The molecular formula is C14H18N2O. The van der Waals surface area contributed by atoms with Crippen molar-refractivity contribution in [3.63, 3.8) is 0 Å². The van der Waals surface area contributed by atoms with E-state index in [-0.39, 0.29) is 0 Å². The van der Waals surface area contributed by atoms with Gasteiger partial charge in [0.1, 0.15) is 0 Å². The highest BCUT2D eigenvalue weighted by molar-refractivity contribution is 5.32. The highest BCUT2D eigenvalue weighted by Crippen LogP contribution is 2.12. The first-order valence-electron chi connectivity index (χ1n) is 5.77. The summed E-state index contributed by atoms with van der Waals surface area (Å²) in [6, 6.07) is 9.06. The zero-order valence-corrected chi connectivity index (χ0v) is 9.89. The number of rotatable bonds is 7. The van der Waals surface area contributed by atoms with Gasteiger partial charge in [0, 0.05) is 6.54 Å². The molecule has 1 aromatic carbocycles. The Morgan fingerprint density at radius 3 is 2.71 bits per heavy atom. The number of nitriles is 1. The predicted octanol–water partition coefficient (Wildman–Crippen LogP) is 2.15. The molecule has 0 spiro atoms. The molecule has 2 N–H and O–H groups in total. The molecule has 1 aromatic rings. The van der Waals surface area contributed by atoms with Crippen molar-refractivity contribution in [2.75, 3.05) is 13.1 Å². The van der Waals surface area contributed by atoms with E-state index in [9.17, 15) is 5.11 Å². The van der Waals surface area contributed by atoms with Gasteiger partial charge in [-0.15, -0.1) is 6.58 Å². The number of nitrogens with zero attached hydrogens (tertiary/aromatic N) is 1. The van der Waals surface area contributed by atoms with Gasteiger partial charge in [0.2, 0.25) is 0 Å². The first-order valence-corrected chi connectivity index (χ1v) is 5.77. The molecule has 0 aliphatic carbocycles. The molecule has 0 radical (unpaired) electrons. The van der Waals surface area contributed by atoms with Crippen LogP contribution in [0.1, 0.15) is 30.1 Å². The lowest BCUT2D eigenvalue weighted by Gasteiger charge is -2.11. The van der Waals surface area contributed by atoms with Gasteiger partial charge in [-0.2, -0.15) is 5.26 Å². The van der Waals surface area contributed by atoms with E-state index in [2.05, 4.69) is 18.0 Å². The Kier molecular flexibility index (Phi) is 6.02. The quantitative estimate of drug-likeness (QED) is 0.557. The van der Waals surface area contributed by atoms with Crippen LogP contribution in [0.5, 0.6) is 0 Å². The molecule has 0 heterocycles. The summed E-state index contributed by atoms with van der Waals surface area (Å²) in [5.74, 6) is 0. The topological polar surface area (TPSA) is 56.0 Å². The number of unbranched alkanes of at least 4 members (excludes halogenated alkanes) is 1. The number of benzene rings is 1. The maximum Gasteiger partial charge on any atom is 0.0991 e. The molecule has 1 rings (SSSR count). The molecule has 0 bridgehead atoms. The van der Waals surface area contributed by atoms with Gasteiger partial charge < -0.3 is 10.4 Å². The minimum Gasteiger partial charge on any atom is -0.387 e. The molecule has 0 saturated heterocycles. The van der Waals surface area contributed by atoms with Crippen LogP contribution in [-0.2, 0) is 0 Å². The Balaban J connectivity index is 2.33. The van der Waals surface area contributed by atoms with Crippen LogP contribution in [-0.4, -0.2) is 18.2 Å². The minimum absolute atomic E-state index is 0.522. The summed E-state index contributed by atoms with van der Waals surface area (Å²) in [7, 11) is 0. The molecule has 0 saturated carbocycles. The number of allylic oxidation sites excluding steroid dienone is 1. The zero-order valence-electron chi connectivity index (χ0n) is 9.89. The van der Waals surface area contributed by atoms with Gasteiger partial charge in [-0.1, -0.05) is 18.2 Å². The summed E-state index contributed by atoms with van der Waals surface area (Å²) < 4.78 is 0. The fourth-order valence-electron chi connectivity index (χ4n) is 1.51. The Bertz CT molecular complexity index is 378. The standard InChI is InChI=1S/C14H18N2O/c1-2-3-4-9-16-11-14(17)13-7-5-12(10-15)6-8-13/h2,5-8,14,16-17H,1,3-4,9,11H2. The third-order valence-corrected chi connectivity index (χ3v) is 2.52. The fraction of sp³-hybridized carbons (Fsp3) is 0.357. The average molecular weight is 230 g/mol. The summed E-state index contributed by atoms with van der Waals surface area (Å²) in [5, 5.41) is 21.7. The Morgan fingerprint density at radius 1 is 1.41 bits per heavy atom. The Morgan fingerprint density at radius 2 is 2.12 bits per heavy atom. The molecule has 0 aliphatic rings. The van der Waals surface area contributed by atoms with Crippen LogP contribution in [0, 0.1) is 11.3 Å². The maximum atomic E-state index is 9.88. The van der Waals surface area contributed by atoms with Gasteiger partial charge in [0.05, 0.1) is 17.7 Å².